The normalized spacial score (nSPS) is 23.5. The second-order valence-corrected chi connectivity index (χ2v) is 9.35. The molecule has 176 valence electrons. The van der Waals surface area contributed by atoms with Gasteiger partial charge in [0.1, 0.15) is 6.04 Å². The number of hydrogen-bond acceptors (Lipinski definition) is 5. The van der Waals surface area contributed by atoms with Gasteiger partial charge in [0.25, 0.3) is 0 Å². The maximum Gasteiger partial charge on any atom is 0.239 e. The van der Waals surface area contributed by atoms with Crippen molar-refractivity contribution in [3.8, 4) is 0 Å². The summed E-state index contributed by atoms with van der Waals surface area (Å²) in [5.74, 6) is 0.112. The lowest BCUT2D eigenvalue weighted by molar-refractivity contribution is -0.126. The number of likely N-dealkylation sites (tertiary alicyclic amines) is 1. The van der Waals surface area contributed by atoms with E-state index >= 15 is 0 Å². The molecule has 7 nitrogen and oxygen atoms in total. The van der Waals surface area contributed by atoms with Crippen LogP contribution in [0.3, 0.4) is 0 Å². The van der Waals surface area contributed by atoms with E-state index < -0.39 is 0 Å². The van der Waals surface area contributed by atoms with E-state index in [1.54, 1.807) is 0 Å². The summed E-state index contributed by atoms with van der Waals surface area (Å²) < 4.78 is 0. The molecular weight excluding hydrogens is 414 g/mol. The van der Waals surface area contributed by atoms with Gasteiger partial charge in [-0.05, 0) is 49.7 Å². The molecule has 0 spiro atoms. The molecule has 0 aliphatic carbocycles. The quantitative estimate of drug-likeness (QED) is 0.680. The Morgan fingerprint density at radius 1 is 1.12 bits per heavy atom. The van der Waals surface area contributed by atoms with Crippen molar-refractivity contribution in [2.75, 3.05) is 44.4 Å². The molecular formula is C26H35N5O2. The third-order valence-electron chi connectivity index (χ3n) is 6.95. The predicted octanol–water partition coefficient (Wildman–Crippen LogP) is 2.54. The zero-order valence-corrected chi connectivity index (χ0v) is 19.8. The molecule has 2 aromatic carbocycles. The second-order valence-electron chi connectivity index (χ2n) is 9.35. The number of carbonyl (C=O) groups excluding carboxylic acids is 2. The van der Waals surface area contributed by atoms with Crippen molar-refractivity contribution in [2.24, 2.45) is 0 Å². The van der Waals surface area contributed by atoms with Crippen molar-refractivity contribution in [3.63, 3.8) is 0 Å². The Kier molecular flexibility index (Phi) is 7.30. The highest BCUT2D eigenvalue weighted by Crippen LogP contribution is 2.29. The Balaban J connectivity index is 1.36. The number of nitrogens with one attached hydrogen (secondary N) is 2. The molecule has 3 unspecified atom stereocenters. The van der Waals surface area contributed by atoms with Crippen molar-refractivity contribution in [1.29, 1.82) is 0 Å². The Morgan fingerprint density at radius 2 is 1.85 bits per heavy atom. The highest BCUT2D eigenvalue weighted by molar-refractivity contribution is 5.90. The van der Waals surface area contributed by atoms with Gasteiger partial charge in [0, 0.05) is 63.6 Å². The van der Waals surface area contributed by atoms with Crippen LogP contribution in [0.1, 0.15) is 24.8 Å². The molecule has 3 atom stereocenters. The van der Waals surface area contributed by atoms with Crippen LogP contribution in [0.2, 0.25) is 0 Å². The zero-order chi connectivity index (χ0) is 23.4. The monoisotopic (exact) mass is 449 g/mol. The molecule has 33 heavy (non-hydrogen) atoms. The first kappa shape index (κ1) is 23.3. The summed E-state index contributed by atoms with van der Waals surface area (Å²) in [6.45, 7) is 2.23. The van der Waals surface area contributed by atoms with Crippen LogP contribution < -0.4 is 15.5 Å². The number of para-hydroxylation sites is 1. The number of benzene rings is 2. The highest BCUT2D eigenvalue weighted by atomic mass is 16.2. The lowest BCUT2D eigenvalue weighted by Crippen LogP contribution is -2.49. The molecule has 2 aliphatic rings. The summed E-state index contributed by atoms with van der Waals surface area (Å²) in [6, 6.07) is 18.2. The van der Waals surface area contributed by atoms with Gasteiger partial charge in [-0.3, -0.25) is 19.4 Å². The molecule has 7 heteroatoms. The maximum absolute atomic E-state index is 13.0. The molecule has 4 rings (SSSR count). The van der Waals surface area contributed by atoms with E-state index in [4.69, 9.17) is 0 Å². The summed E-state index contributed by atoms with van der Waals surface area (Å²) in [7, 11) is 6.17. The van der Waals surface area contributed by atoms with Crippen molar-refractivity contribution >= 4 is 23.2 Å². The van der Waals surface area contributed by atoms with E-state index in [0.717, 1.165) is 25.2 Å². The molecule has 2 heterocycles. The van der Waals surface area contributed by atoms with E-state index in [9.17, 15) is 9.59 Å². The van der Waals surface area contributed by atoms with Crippen LogP contribution in [0.25, 0.3) is 0 Å². The Morgan fingerprint density at radius 3 is 2.55 bits per heavy atom. The minimum absolute atomic E-state index is 0.0101. The van der Waals surface area contributed by atoms with E-state index in [2.05, 4.69) is 56.6 Å². The molecule has 0 saturated carbocycles. The Labute approximate surface area is 196 Å². The Hall–Kier alpha value is -2.90. The van der Waals surface area contributed by atoms with Gasteiger partial charge >= 0.3 is 0 Å². The number of likely N-dealkylation sites (N-methyl/N-ethyl adjacent to an activating group) is 1. The van der Waals surface area contributed by atoms with Crippen LogP contribution in [0.4, 0.5) is 11.4 Å². The smallest absolute Gasteiger partial charge is 0.239 e. The highest BCUT2D eigenvalue weighted by Gasteiger charge is 2.44. The summed E-state index contributed by atoms with van der Waals surface area (Å²) in [5.41, 5.74) is 3.20. The molecule has 0 radical (unpaired) electrons. The van der Waals surface area contributed by atoms with Crippen LogP contribution in [0, 0.1) is 0 Å². The van der Waals surface area contributed by atoms with Gasteiger partial charge in [-0.25, -0.2) is 0 Å². The average Bonchev–Trinajstić information content (AvgIpc) is 3.18. The van der Waals surface area contributed by atoms with Gasteiger partial charge < -0.3 is 15.5 Å². The predicted molar refractivity (Wildman–Crippen MR) is 132 cm³/mol. The molecule has 0 aromatic heterocycles. The second kappa shape index (κ2) is 10.4. The van der Waals surface area contributed by atoms with E-state index in [-0.39, 0.29) is 29.9 Å². The van der Waals surface area contributed by atoms with Crippen molar-refractivity contribution in [3.05, 3.63) is 60.2 Å². The van der Waals surface area contributed by atoms with Crippen molar-refractivity contribution in [1.82, 2.24) is 15.1 Å². The van der Waals surface area contributed by atoms with Crippen LogP contribution in [-0.4, -0.2) is 74.0 Å². The molecule has 2 aromatic rings. The third-order valence-corrected chi connectivity index (χ3v) is 6.95. The Bertz CT molecular complexity index is 947. The van der Waals surface area contributed by atoms with Gasteiger partial charge in [0.05, 0.1) is 0 Å². The number of anilines is 2. The molecule has 2 aliphatic heterocycles. The van der Waals surface area contributed by atoms with Gasteiger partial charge in [-0.15, -0.1) is 0 Å². The minimum Gasteiger partial charge on any atom is -0.378 e. The lowest BCUT2D eigenvalue weighted by atomic mass is 10.0. The van der Waals surface area contributed by atoms with Crippen molar-refractivity contribution in [2.45, 2.75) is 43.9 Å². The number of hydrogen-bond donors (Lipinski definition) is 2. The summed E-state index contributed by atoms with van der Waals surface area (Å²) in [4.78, 5) is 32.2. The first-order valence-electron chi connectivity index (χ1n) is 11.8. The van der Waals surface area contributed by atoms with E-state index in [0.29, 0.717) is 19.4 Å². The van der Waals surface area contributed by atoms with Gasteiger partial charge in [0.15, 0.2) is 0 Å². The zero-order valence-electron chi connectivity index (χ0n) is 19.8. The van der Waals surface area contributed by atoms with Gasteiger partial charge in [0.2, 0.25) is 11.8 Å². The maximum atomic E-state index is 13.0. The fraction of sp³-hybridized carbons (Fsp3) is 0.462. The average molecular weight is 450 g/mol. The summed E-state index contributed by atoms with van der Waals surface area (Å²) in [5, 5.41) is 6.11. The number of nitrogens with zero attached hydrogens (tertiary/aromatic N) is 3. The number of rotatable bonds is 7. The summed E-state index contributed by atoms with van der Waals surface area (Å²) >= 11 is 0. The van der Waals surface area contributed by atoms with Crippen LogP contribution in [0.15, 0.2) is 54.6 Å². The fourth-order valence-electron chi connectivity index (χ4n) is 5.00. The van der Waals surface area contributed by atoms with Crippen molar-refractivity contribution < 1.29 is 9.59 Å². The number of fused-ring (bicyclic) bond motifs is 1. The number of carbonyl (C=O) groups is 2. The topological polar surface area (TPSA) is 67.9 Å². The molecule has 0 bridgehead atoms. The standard InChI is InChI=1S/C26H35N5O2/c1-29(2)21-11-9-19(10-12-21)18-31-16-15-23-25(31)26(33)27-17-22(30(23)3)13-14-24(32)28-20-7-5-4-6-8-20/h4-12,22-23,25H,13-18H2,1-3H3,(H,27,33)(H,28,32). The molecule has 2 amide bonds. The van der Waals surface area contributed by atoms with E-state index in [1.165, 1.54) is 11.3 Å². The number of amides is 2. The fourth-order valence-corrected chi connectivity index (χ4v) is 5.00. The van der Waals surface area contributed by atoms with Gasteiger partial charge in [-0.2, -0.15) is 0 Å². The van der Waals surface area contributed by atoms with Crippen LogP contribution in [-0.2, 0) is 16.1 Å². The van der Waals surface area contributed by atoms with Crippen LogP contribution in [0.5, 0.6) is 0 Å². The lowest BCUT2D eigenvalue weighted by Gasteiger charge is -2.33. The molecule has 2 N–H and O–H groups in total. The third kappa shape index (κ3) is 5.54. The summed E-state index contributed by atoms with van der Waals surface area (Å²) in [6.07, 6.45) is 2.10. The molecule has 2 saturated heterocycles. The SMILES string of the molecule is CN(C)c1ccc(CN2CCC3C2C(=O)NCC(CCC(=O)Nc2ccccc2)N3C)cc1. The van der Waals surface area contributed by atoms with Gasteiger partial charge in [-0.1, -0.05) is 30.3 Å². The van der Waals surface area contributed by atoms with Crippen LogP contribution >= 0.6 is 0 Å². The minimum atomic E-state index is -0.160. The first-order chi connectivity index (χ1) is 15.9. The molecule has 2 fully saturated rings. The largest absolute Gasteiger partial charge is 0.378 e. The first-order valence-corrected chi connectivity index (χ1v) is 11.8. The van der Waals surface area contributed by atoms with E-state index in [1.807, 2.05) is 44.4 Å².